The number of fused-ring (bicyclic) bond motifs is 1. The molecule has 1 aliphatic carbocycles. The largest absolute Gasteiger partial charge is 0.0816 e. The van der Waals surface area contributed by atoms with Gasteiger partial charge >= 0.3 is 0 Å². The molecule has 1 aliphatic heterocycles. The number of allylic oxidation sites excluding steroid dienone is 1. The Morgan fingerprint density at radius 3 is 2.18 bits per heavy atom. The van der Waals surface area contributed by atoms with Crippen molar-refractivity contribution >= 4 is 23.5 Å². The van der Waals surface area contributed by atoms with Gasteiger partial charge in [0.05, 0.1) is 0 Å². The molecule has 2 aliphatic rings. The lowest BCUT2D eigenvalue weighted by Gasteiger charge is -2.23. The number of thioether (sulfide) groups is 2. The fourth-order valence-corrected chi connectivity index (χ4v) is 5.34. The van der Waals surface area contributed by atoms with Gasteiger partial charge in [0, 0.05) is 14.0 Å². The Hall–Kier alpha value is -0.340. The number of benzene rings is 1. The smallest absolute Gasteiger partial charge is 0.0491 e. The number of hydrogen-bond donors (Lipinski definition) is 0. The van der Waals surface area contributed by atoms with Crippen LogP contribution < -0.4 is 0 Å². The monoisotopic (exact) mass is 262 g/mol. The van der Waals surface area contributed by atoms with E-state index >= 15 is 0 Å². The zero-order chi connectivity index (χ0) is 11.7. The summed E-state index contributed by atoms with van der Waals surface area (Å²) >= 11 is 3.96. The van der Waals surface area contributed by atoms with Gasteiger partial charge in [0.25, 0.3) is 0 Å². The summed E-state index contributed by atoms with van der Waals surface area (Å²) in [6, 6.07) is 8.78. The molecule has 0 unspecified atom stereocenters. The van der Waals surface area contributed by atoms with Crippen LogP contribution in [0.3, 0.4) is 0 Å². The fraction of sp³-hybridized carbons (Fsp3) is 0.467. The molecule has 2 heteroatoms. The van der Waals surface area contributed by atoms with E-state index in [9.17, 15) is 0 Å². The second-order valence-electron chi connectivity index (χ2n) is 4.96. The summed E-state index contributed by atoms with van der Waals surface area (Å²) in [5.74, 6) is 0.855. The molecule has 1 saturated carbocycles. The van der Waals surface area contributed by atoms with Crippen molar-refractivity contribution in [3.05, 3.63) is 34.1 Å². The van der Waals surface area contributed by atoms with Gasteiger partial charge in [-0.15, -0.1) is 0 Å². The van der Waals surface area contributed by atoms with Crippen LogP contribution in [0.15, 0.2) is 43.9 Å². The van der Waals surface area contributed by atoms with E-state index in [1.54, 1.807) is 9.81 Å². The molecule has 0 amide bonds. The summed E-state index contributed by atoms with van der Waals surface area (Å²) in [4.78, 5) is 2.89. The predicted octanol–water partition coefficient (Wildman–Crippen LogP) is 5.70. The van der Waals surface area contributed by atoms with E-state index in [1.807, 2.05) is 23.5 Å². The first-order chi connectivity index (χ1) is 8.34. The summed E-state index contributed by atoms with van der Waals surface area (Å²) in [6.07, 6.45) is 7.12. The predicted molar refractivity (Wildman–Crippen MR) is 77.4 cm³/mol. The Morgan fingerprint density at radius 1 is 1.00 bits per heavy atom. The average Bonchev–Trinajstić information content (AvgIpc) is 2.82. The molecule has 0 saturated heterocycles. The lowest BCUT2D eigenvalue weighted by molar-refractivity contribution is 0.403. The van der Waals surface area contributed by atoms with Crippen molar-refractivity contribution in [3.8, 4) is 0 Å². The Kier molecular flexibility index (Phi) is 3.53. The van der Waals surface area contributed by atoms with E-state index < -0.39 is 0 Å². The van der Waals surface area contributed by atoms with E-state index in [0.717, 1.165) is 5.92 Å². The fourth-order valence-electron chi connectivity index (χ4n) is 2.70. The van der Waals surface area contributed by atoms with Crippen molar-refractivity contribution < 1.29 is 0 Å². The van der Waals surface area contributed by atoms with Crippen LogP contribution in [0.1, 0.15) is 39.0 Å². The van der Waals surface area contributed by atoms with Gasteiger partial charge in [-0.25, -0.2) is 0 Å². The molecule has 1 fully saturated rings. The molecule has 0 nitrogen and oxygen atoms in total. The molecule has 90 valence electrons. The van der Waals surface area contributed by atoms with Crippen LogP contribution in [0, 0.1) is 5.92 Å². The summed E-state index contributed by atoms with van der Waals surface area (Å²) in [6.45, 7) is 2.36. The number of hydrogen-bond acceptors (Lipinski definition) is 2. The Bertz CT molecular complexity index is 415. The second-order valence-corrected chi connectivity index (χ2v) is 7.32. The van der Waals surface area contributed by atoms with Crippen LogP contribution in [0.25, 0.3) is 0 Å². The van der Waals surface area contributed by atoms with Crippen molar-refractivity contribution in [1.82, 2.24) is 0 Å². The summed E-state index contributed by atoms with van der Waals surface area (Å²) in [7, 11) is 0. The molecule has 17 heavy (non-hydrogen) atoms. The highest BCUT2D eigenvalue weighted by Gasteiger charge is 2.23. The van der Waals surface area contributed by atoms with E-state index in [0.29, 0.717) is 0 Å². The molecular weight excluding hydrogens is 244 g/mol. The first kappa shape index (κ1) is 11.7. The van der Waals surface area contributed by atoms with Crippen LogP contribution in [0.5, 0.6) is 0 Å². The minimum absolute atomic E-state index is 0.855. The molecule has 0 bridgehead atoms. The van der Waals surface area contributed by atoms with E-state index in [-0.39, 0.29) is 0 Å². The Balaban J connectivity index is 1.81. The lowest BCUT2D eigenvalue weighted by Crippen LogP contribution is -2.07. The molecule has 1 aromatic carbocycles. The lowest BCUT2D eigenvalue weighted by atomic mass is 9.85. The third-order valence-electron chi connectivity index (χ3n) is 3.79. The van der Waals surface area contributed by atoms with Gasteiger partial charge in [0.2, 0.25) is 0 Å². The molecule has 0 radical (unpaired) electrons. The van der Waals surface area contributed by atoms with Crippen molar-refractivity contribution in [3.63, 3.8) is 0 Å². The van der Waals surface area contributed by atoms with Crippen molar-refractivity contribution in [2.75, 3.05) is 0 Å². The van der Waals surface area contributed by atoms with Crippen LogP contribution in [-0.2, 0) is 0 Å². The maximum atomic E-state index is 2.36. The van der Waals surface area contributed by atoms with Gasteiger partial charge in [-0.1, -0.05) is 54.9 Å². The summed E-state index contributed by atoms with van der Waals surface area (Å²) in [5.41, 5.74) is 1.65. The minimum atomic E-state index is 0.855. The molecule has 1 aromatic rings. The maximum absolute atomic E-state index is 2.36. The van der Waals surface area contributed by atoms with Crippen molar-refractivity contribution in [1.29, 1.82) is 0 Å². The summed E-state index contributed by atoms with van der Waals surface area (Å²) < 4.78 is 1.55. The van der Waals surface area contributed by atoms with Crippen LogP contribution in [-0.4, -0.2) is 0 Å². The van der Waals surface area contributed by atoms with Crippen LogP contribution in [0.4, 0.5) is 0 Å². The highest BCUT2D eigenvalue weighted by molar-refractivity contribution is 8.24. The Morgan fingerprint density at radius 2 is 1.59 bits per heavy atom. The molecular formula is C15H18S2. The van der Waals surface area contributed by atoms with Gasteiger partial charge in [-0.05, 0) is 43.4 Å². The summed E-state index contributed by atoms with van der Waals surface area (Å²) in [5, 5.41) is 0. The maximum Gasteiger partial charge on any atom is 0.0491 e. The zero-order valence-electron chi connectivity index (χ0n) is 10.2. The van der Waals surface area contributed by atoms with Gasteiger partial charge < -0.3 is 0 Å². The topological polar surface area (TPSA) is 0 Å². The quantitative estimate of drug-likeness (QED) is 0.637. The van der Waals surface area contributed by atoms with Gasteiger partial charge in [0.15, 0.2) is 0 Å². The molecule has 0 spiro atoms. The minimum Gasteiger partial charge on any atom is -0.0816 e. The first-order valence-corrected chi connectivity index (χ1v) is 8.13. The second kappa shape index (κ2) is 5.11. The van der Waals surface area contributed by atoms with Crippen LogP contribution >= 0.6 is 23.5 Å². The van der Waals surface area contributed by atoms with Crippen LogP contribution in [0.2, 0.25) is 0 Å². The highest BCUT2D eigenvalue weighted by Crippen LogP contribution is 2.53. The Labute approximate surface area is 112 Å². The highest BCUT2D eigenvalue weighted by atomic mass is 32.2. The molecule has 0 N–H and O–H groups in total. The molecule has 1 heterocycles. The van der Waals surface area contributed by atoms with Gasteiger partial charge in [-0.3, -0.25) is 0 Å². The third-order valence-corrected chi connectivity index (χ3v) is 6.59. The van der Waals surface area contributed by atoms with E-state index in [2.05, 4.69) is 31.2 Å². The third kappa shape index (κ3) is 2.43. The van der Waals surface area contributed by atoms with Crippen molar-refractivity contribution in [2.24, 2.45) is 5.92 Å². The van der Waals surface area contributed by atoms with Gasteiger partial charge in [0.1, 0.15) is 0 Å². The molecule has 0 atom stereocenters. The van der Waals surface area contributed by atoms with E-state index in [4.69, 9.17) is 0 Å². The molecule has 0 aromatic heterocycles. The average molecular weight is 262 g/mol. The molecule has 3 rings (SSSR count). The van der Waals surface area contributed by atoms with Crippen molar-refractivity contribution in [2.45, 2.75) is 48.8 Å². The standard InChI is InChI=1S/C15H18S2/c1-11(12-7-3-2-4-8-12)15-16-13-9-5-6-10-14(13)17-15/h5-6,9-10,12H,2-4,7-8H2,1H3. The first-order valence-electron chi connectivity index (χ1n) is 6.50. The number of rotatable bonds is 1. The van der Waals surface area contributed by atoms with E-state index in [1.165, 1.54) is 41.9 Å². The SMILES string of the molecule is CC(=C1Sc2ccccc2S1)C1CCCCC1. The normalized spacial score (nSPS) is 20.4. The zero-order valence-corrected chi connectivity index (χ0v) is 11.9. The van der Waals surface area contributed by atoms with Gasteiger partial charge in [-0.2, -0.15) is 0 Å².